The molecule has 0 spiro atoms. The van der Waals surface area contributed by atoms with E-state index < -0.39 is 6.04 Å². The van der Waals surface area contributed by atoms with Crippen molar-refractivity contribution in [3.63, 3.8) is 0 Å². The summed E-state index contributed by atoms with van der Waals surface area (Å²) in [7, 11) is 0. The second-order valence-electron chi connectivity index (χ2n) is 7.62. The van der Waals surface area contributed by atoms with Crippen LogP contribution < -0.4 is 10.1 Å². The molecule has 0 aliphatic heterocycles. The third kappa shape index (κ3) is 8.71. The van der Waals surface area contributed by atoms with Gasteiger partial charge in [0.25, 0.3) is 0 Å². The molecule has 174 valence electrons. The second kappa shape index (κ2) is 14.0. The summed E-state index contributed by atoms with van der Waals surface area (Å²) in [5.74, 6) is 0.527. The molecule has 2 aromatic rings. The van der Waals surface area contributed by atoms with Crippen molar-refractivity contribution in [2.24, 2.45) is 0 Å². The maximum Gasteiger partial charge on any atom is 0.242 e. The van der Waals surface area contributed by atoms with Crippen LogP contribution in [0.3, 0.4) is 0 Å². The molecule has 0 saturated carbocycles. The predicted molar refractivity (Wildman–Crippen MR) is 130 cm³/mol. The second-order valence-corrected chi connectivity index (χ2v) is 8.50. The number of benzene rings is 2. The monoisotopic (exact) mass is 478 g/mol. The molecular weight excluding hydrogens is 447 g/mol. The van der Waals surface area contributed by atoms with Crippen molar-refractivity contribution in [2.75, 3.05) is 13.2 Å². The van der Waals surface area contributed by atoms with Gasteiger partial charge in [0.2, 0.25) is 11.8 Å². The number of carbonyl (C=O) groups is 2. The van der Waals surface area contributed by atoms with Gasteiger partial charge in [0, 0.05) is 29.6 Å². The van der Waals surface area contributed by atoms with Gasteiger partial charge in [-0.3, -0.25) is 9.59 Å². The number of nitrogens with zero attached hydrogens (tertiary/aromatic N) is 1. The van der Waals surface area contributed by atoms with Gasteiger partial charge < -0.3 is 15.0 Å². The standard InChI is InChI=1S/C25H32Cl2N2O3/c1-3-5-16-28-25(31)23(4-2)29(18-19-8-10-20(26)11-9-19)24(30)7-6-17-32-22-14-12-21(27)13-15-22/h8-15,23H,3-7,16-18H2,1-2H3,(H,28,31)/t23-/m1/s1. The highest BCUT2D eigenvalue weighted by Gasteiger charge is 2.28. The van der Waals surface area contributed by atoms with Crippen LogP contribution in [0.15, 0.2) is 48.5 Å². The van der Waals surface area contributed by atoms with Gasteiger partial charge in [-0.2, -0.15) is 0 Å². The molecule has 32 heavy (non-hydrogen) atoms. The van der Waals surface area contributed by atoms with Gasteiger partial charge in [0.05, 0.1) is 6.61 Å². The molecule has 2 amide bonds. The van der Waals surface area contributed by atoms with Crippen molar-refractivity contribution < 1.29 is 14.3 Å². The molecule has 0 saturated heterocycles. The van der Waals surface area contributed by atoms with Gasteiger partial charge in [-0.15, -0.1) is 0 Å². The van der Waals surface area contributed by atoms with E-state index in [1.54, 1.807) is 41.3 Å². The Labute approximate surface area is 201 Å². The SMILES string of the molecule is CCCCNC(=O)[C@@H](CC)N(Cc1ccc(Cl)cc1)C(=O)CCCOc1ccc(Cl)cc1. The average Bonchev–Trinajstić information content (AvgIpc) is 2.79. The van der Waals surface area contributed by atoms with Crippen LogP contribution in [0.5, 0.6) is 5.75 Å². The van der Waals surface area contributed by atoms with Crippen LogP contribution in [0, 0.1) is 0 Å². The van der Waals surface area contributed by atoms with Crippen LogP contribution in [0.25, 0.3) is 0 Å². The molecular formula is C25H32Cl2N2O3. The van der Waals surface area contributed by atoms with Gasteiger partial charge in [0.15, 0.2) is 0 Å². The van der Waals surface area contributed by atoms with Crippen LogP contribution in [-0.2, 0) is 16.1 Å². The van der Waals surface area contributed by atoms with Gasteiger partial charge in [0.1, 0.15) is 11.8 Å². The number of hydrogen-bond donors (Lipinski definition) is 1. The minimum absolute atomic E-state index is 0.0721. The van der Waals surface area contributed by atoms with Gasteiger partial charge in [-0.1, -0.05) is 55.6 Å². The van der Waals surface area contributed by atoms with Crippen molar-refractivity contribution in [3.8, 4) is 5.75 Å². The Balaban J connectivity index is 2.02. The number of rotatable bonds is 13. The van der Waals surface area contributed by atoms with Gasteiger partial charge in [-0.05, 0) is 61.2 Å². The van der Waals surface area contributed by atoms with E-state index in [9.17, 15) is 9.59 Å². The minimum Gasteiger partial charge on any atom is -0.494 e. The summed E-state index contributed by atoms with van der Waals surface area (Å²) in [6, 6.07) is 13.9. The number of hydrogen-bond acceptors (Lipinski definition) is 3. The van der Waals surface area contributed by atoms with Crippen LogP contribution in [0.1, 0.15) is 51.5 Å². The molecule has 0 radical (unpaired) electrons. The smallest absolute Gasteiger partial charge is 0.242 e. The van der Waals surface area contributed by atoms with Gasteiger partial charge >= 0.3 is 0 Å². The van der Waals surface area contributed by atoms with E-state index in [0.717, 1.165) is 18.4 Å². The number of halogens is 2. The molecule has 0 heterocycles. The summed E-state index contributed by atoms with van der Waals surface area (Å²) < 4.78 is 5.70. The molecule has 1 atom stereocenters. The van der Waals surface area contributed by atoms with Crippen LogP contribution in [-0.4, -0.2) is 35.9 Å². The summed E-state index contributed by atoms with van der Waals surface area (Å²) in [6.45, 7) is 5.38. The highest BCUT2D eigenvalue weighted by atomic mass is 35.5. The Morgan fingerprint density at radius 2 is 1.59 bits per heavy atom. The molecule has 5 nitrogen and oxygen atoms in total. The molecule has 1 N–H and O–H groups in total. The Morgan fingerprint density at radius 1 is 0.969 bits per heavy atom. The highest BCUT2D eigenvalue weighted by molar-refractivity contribution is 6.30. The van der Waals surface area contributed by atoms with E-state index in [0.29, 0.717) is 54.8 Å². The zero-order chi connectivity index (χ0) is 23.3. The molecule has 0 bridgehead atoms. The summed E-state index contributed by atoms with van der Waals surface area (Å²) >= 11 is 11.9. The quantitative estimate of drug-likeness (QED) is 0.365. The number of carbonyl (C=O) groups excluding carboxylic acids is 2. The van der Waals surface area contributed by atoms with E-state index in [1.807, 2.05) is 19.1 Å². The van der Waals surface area contributed by atoms with E-state index in [4.69, 9.17) is 27.9 Å². The van der Waals surface area contributed by atoms with Crippen molar-refractivity contribution in [2.45, 2.75) is 58.5 Å². The third-order valence-electron chi connectivity index (χ3n) is 5.10. The first-order valence-corrected chi connectivity index (χ1v) is 11.9. The van der Waals surface area contributed by atoms with E-state index >= 15 is 0 Å². The van der Waals surface area contributed by atoms with Crippen molar-refractivity contribution in [1.29, 1.82) is 0 Å². The number of amides is 2. The largest absolute Gasteiger partial charge is 0.494 e. The van der Waals surface area contributed by atoms with Crippen LogP contribution in [0.2, 0.25) is 10.0 Å². The third-order valence-corrected chi connectivity index (χ3v) is 5.60. The summed E-state index contributed by atoms with van der Waals surface area (Å²) in [5, 5.41) is 4.25. The Bertz CT molecular complexity index is 841. The fraction of sp³-hybridized carbons (Fsp3) is 0.440. The Morgan fingerprint density at radius 3 is 2.19 bits per heavy atom. The normalized spacial score (nSPS) is 11.6. The molecule has 0 aliphatic carbocycles. The Hall–Kier alpha value is -2.24. The van der Waals surface area contributed by atoms with E-state index in [2.05, 4.69) is 12.2 Å². The lowest BCUT2D eigenvalue weighted by Gasteiger charge is -2.31. The number of nitrogens with one attached hydrogen (secondary N) is 1. The van der Waals surface area contributed by atoms with Crippen molar-refractivity contribution in [3.05, 3.63) is 64.1 Å². The maximum absolute atomic E-state index is 13.2. The van der Waals surface area contributed by atoms with Crippen molar-refractivity contribution >= 4 is 35.0 Å². The van der Waals surface area contributed by atoms with E-state index in [1.165, 1.54) is 0 Å². The lowest BCUT2D eigenvalue weighted by Crippen LogP contribution is -2.49. The summed E-state index contributed by atoms with van der Waals surface area (Å²) in [6.07, 6.45) is 3.29. The molecule has 2 aromatic carbocycles. The molecule has 0 aliphatic rings. The summed E-state index contributed by atoms with van der Waals surface area (Å²) in [5.41, 5.74) is 0.931. The first-order valence-electron chi connectivity index (χ1n) is 11.1. The molecule has 2 rings (SSSR count). The molecule has 0 aromatic heterocycles. The zero-order valence-electron chi connectivity index (χ0n) is 18.8. The summed E-state index contributed by atoms with van der Waals surface area (Å²) in [4.78, 5) is 27.6. The lowest BCUT2D eigenvalue weighted by molar-refractivity contribution is -0.141. The average molecular weight is 479 g/mol. The number of ether oxygens (including phenoxy) is 1. The number of unbranched alkanes of at least 4 members (excludes halogenated alkanes) is 1. The predicted octanol–water partition coefficient (Wildman–Crippen LogP) is 5.88. The zero-order valence-corrected chi connectivity index (χ0v) is 20.3. The maximum atomic E-state index is 13.2. The Kier molecular flexibility index (Phi) is 11.4. The first kappa shape index (κ1) is 26.0. The fourth-order valence-electron chi connectivity index (χ4n) is 3.30. The van der Waals surface area contributed by atoms with Crippen molar-refractivity contribution in [1.82, 2.24) is 10.2 Å². The topological polar surface area (TPSA) is 58.6 Å². The fourth-order valence-corrected chi connectivity index (χ4v) is 3.55. The van der Waals surface area contributed by atoms with Gasteiger partial charge in [-0.25, -0.2) is 0 Å². The van der Waals surface area contributed by atoms with E-state index in [-0.39, 0.29) is 11.8 Å². The highest BCUT2D eigenvalue weighted by Crippen LogP contribution is 2.18. The first-order chi connectivity index (χ1) is 15.4. The molecule has 7 heteroatoms. The van der Waals surface area contributed by atoms with Crippen LogP contribution >= 0.6 is 23.2 Å². The molecule has 0 fully saturated rings. The minimum atomic E-state index is -0.521. The lowest BCUT2D eigenvalue weighted by atomic mass is 10.1. The molecule has 0 unspecified atom stereocenters. The van der Waals surface area contributed by atoms with Crippen LogP contribution in [0.4, 0.5) is 0 Å².